The number of esters is 1. The molecule has 0 aromatic heterocycles. The van der Waals surface area contributed by atoms with E-state index in [4.69, 9.17) is 4.74 Å². The summed E-state index contributed by atoms with van der Waals surface area (Å²) in [5.74, 6) is -0.193. The van der Waals surface area contributed by atoms with E-state index in [-0.39, 0.29) is 12.6 Å². The summed E-state index contributed by atoms with van der Waals surface area (Å²) >= 11 is 0. The van der Waals surface area contributed by atoms with E-state index in [0.29, 0.717) is 6.42 Å². The number of ether oxygens (including phenoxy) is 1. The predicted octanol–water partition coefficient (Wildman–Crippen LogP) is 2.73. The van der Waals surface area contributed by atoms with Crippen LogP contribution in [0.4, 0.5) is 0 Å². The van der Waals surface area contributed by atoms with Gasteiger partial charge < -0.3 is 9.53 Å². The van der Waals surface area contributed by atoms with Crippen molar-refractivity contribution in [1.82, 2.24) is 0 Å². The van der Waals surface area contributed by atoms with E-state index in [9.17, 15) is 9.59 Å². The molecular weight excluding hydrogens is 192 g/mol. The van der Waals surface area contributed by atoms with Crippen molar-refractivity contribution in [3.63, 3.8) is 0 Å². The van der Waals surface area contributed by atoms with E-state index in [0.717, 1.165) is 32.0 Å². The first-order valence-electron chi connectivity index (χ1n) is 5.64. The van der Waals surface area contributed by atoms with Gasteiger partial charge >= 0.3 is 5.97 Å². The first-order valence-corrected chi connectivity index (χ1v) is 5.64. The fourth-order valence-corrected chi connectivity index (χ4v) is 1.07. The smallest absolute Gasteiger partial charge is 0.305 e. The zero-order chi connectivity index (χ0) is 11.7. The Balaban J connectivity index is 3.53. The summed E-state index contributed by atoms with van der Waals surface area (Å²) in [6.45, 7) is 5.82. The van der Waals surface area contributed by atoms with Gasteiger partial charge in [0, 0.05) is 6.42 Å². The van der Waals surface area contributed by atoms with Crippen LogP contribution < -0.4 is 0 Å². The highest BCUT2D eigenvalue weighted by Crippen LogP contribution is 2.12. The lowest BCUT2D eigenvalue weighted by Gasteiger charge is -2.16. The molecule has 0 fully saturated rings. The van der Waals surface area contributed by atoms with Crippen molar-refractivity contribution in [2.75, 3.05) is 6.61 Å². The molecule has 3 nitrogen and oxygen atoms in total. The second-order valence-corrected chi connectivity index (χ2v) is 4.58. The molecule has 15 heavy (non-hydrogen) atoms. The van der Waals surface area contributed by atoms with Crippen molar-refractivity contribution >= 4 is 12.3 Å². The number of carbonyl (C=O) groups is 2. The lowest BCUT2D eigenvalue weighted by atomic mass is 9.98. The first kappa shape index (κ1) is 14.1. The minimum absolute atomic E-state index is 0.184. The van der Waals surface area contributed by atoms with Crippen molar-refractivity contribution in [2.24, 2.45) is 5.41 Å². The Labute approximate surface area is 92.2 Å². The van der Waals surface area contributed by atoms with Crippen LogP contribution in [0.15, 0.2) is 0 Å². The molecular formula is C12H22O3. The fourth-order valence-electron chi connectivity index (χ4n) is 1.07. The molecule has 0 atom stereocenters. The van der Waals surface area contributed by atoms with Crippen LogP contribution in [-0.4, -0.2) is 18.9 Å². The van der Waals surface area contributed by atoms with Crippen molar-refractivity contribution in [2.45, 2.75) is 52.9 Å². The molecule has 0 aliphatic rings. The second kappa shape index (κ2) is 7.43. The molecule has 0 unspecified atom stereocenters. The number of unbranched alkanes of at least 4 members (excludes halogenated alkanes) is 3. The van der Waals surface area contributed by atoms with Crippen molar-refractivity contribution < 1.29 is 14.3 Å². The third-order valence-electron chi connectivity index (χ3n) is 2.16. The molecule has 0 bridgehead atoms. The third-order valence-corrected chi connectivity index (χ3v) is 2.16. The molecule has 0 saturated heterocycles. The highest BCUT2D eigenvalue weighted by Gasteiger charge is 2.18. The zero-order valence-corrected chi connectivity index (χ0v) is 10.0. The van der Waals surface area contributed by atoms with Gasteiger partial charge in [-0.25, -0.2) is 0 Å². The average molecular weight is 214 g/mol. The monoisotopic (exact) mass is 214 g/mol. The molecule has 0 heterocycles. The van der Waals surface area contributed by atoms with Crippen LogP contribution in [0, 0.1) is 5.41 Å². The molecule has 0 aliphatic heterocycles. The Bertz CT molecular complexity index is 197. The largest absolute Gasteiger partial charge is 0.465 e. The highest BCUT2D eigenvalue weighted by atomic mass is 16.5. The summed E-state index contributed by atoms with van der Waals surface area (Å²) in [5.41, 5.74) is -0.556. The van der Waals surface area contributed by atoms with E-state index in [1.54, 1.807) is 13.8 Å². The minimum Gasteiger partial charge on any atom is -0.465 e. The zero-order valence-electron chi connectivity index (χ0n) is 10.0. The molecule has 0 spiro atoms. The van der Waals surface area contributed by atoms with Gasteiger partial charge in [0.25, 0.3) is 0 Å². The van der Waals surface area contributed by atoms with Gasteiger partial charge in [0.2, 0.25) is 0 Å². The number of carbonyl (C=O) groups excluding carboxylic acids is 2. The average Bonchev–Trinajstić information content (AvgIpc) is 2.22. The van der Waals surface area contributed by atoms with Crippen LogP contribution in [0.2, 0.25) is 0 Å². The van der Waals surface area contributed by atoms with Crippen LogP contribution >= 0.6 is 0 Å². The number of hydrogen-bond acceptors (Lipinski definition) is 3. The highest BCUT2D eigenvalue weighted by molar-refractivity contribution is 5.70. The fraction of sp³-hybridized carbons (Fsp3) is 0.833. The Morgan fingerprint density at radius 1 is 1.27 bits per heavy atom. The SMILES string of the molecule is CCCCCCC(=O)OCC(C)(C)C=O. The quantitative estimate of drug-likeness (QED) is 0.354. The first-order chi connectivity index (χ1) is 7.02. The van der Waals surface area contributed by atoms with E-state index < -0.39 is 5.41 Å². The van der Waals surface area contributed by atoms with Crippen molar-refractivity contribution in [3.8, 4) is 0 Å². The Morgan fingerprint density at radius 2 is 1.93 bits per heavy atom. The van der Waals surface area contributed by atoms with E-state index in [2.05, 4.69) is 6.92 Å². The standard InChI is InChI=1S/C12H22O3/c1-4-5-6-7-8-11(14)15-10-12(2,3)9-13/h9H,4-8,10H2,1-3H3. The van der Waals surface area contributed by atoms with Crippen LogP contribution in [0.5, 0.6) is 0 Å². The summed E-state index contributed by atoms with van der Waals surface area (Å²) in [7, 11) is 0. The van der Waals surface area contributed by atoms with Crippen LogP contribution in [0.3, 0.4) is 0 Å². The summed E-state index contributed by atoms with van der Waals surface area (Å²) in [6.07, 6.45) is 5.56. The molecule has 0 rings (SSSR count). The summed E-state index contributed by atoms with van der Waals surface area (Å²) < 4.78 is 5.01. The lowest BCUT2D eigenvalue weighted by molar-refractivity contribution is -0.147. The Hall–Kier alpha value is -0.860. The minimum atomic E-state index is -0.556. The molecule has 0 radical (unpaired) electrons. The number of rotatable bonds is 8. The molecule has 0 amide bonds. The van der Waals surface area contributed by atoms with Crippen LogP contribution in [0.25, 0.3) is 0 Å². The molecule has 0 N–H and O–H groups in total. The maximum atomic E-state index is 11.2. The topological polar surface area (TPSA) is 43.4 Å². The van der Waals surface area contributed by atoms with Gasteiger partial charge in [-0.3, -0.25) is 4.79 Å². The van der Waals surface area contributed by atoms with Gasteiger partial charge in [-0.15, -0.1) is 0 Å². The Kier molecular flexibility index (Phi) is 7.01. The number of aldehydes is 1. The molecule has 0 aromatic carbocycles. The maximum Gasteiger partial charge on any atom is 0.305 e. The van der Waals surface area contributed by atoms with Gasteiger partial charge in [0.15, 0.2) is 0 Å². The molecule has 0 aromatic rings. The van der Waals surface area contributed by atoms with Gasteiger partial charge in [-0.2, -0.15) is 0 Å². The summed E-state index contributed by atoms with van der Waals surface area (Å²) in [5, 5.41) is 0. The second-order valence-electron chi connectivity index (χ2n) is 4.58. The van der Waals surface area contributed by atoms with Crippen LogP contribution in [0.1, 0.15) is 52.9 Å². The normalized spacial score (nSPS) is 11.1. The summed E-state index contributed by atoms with van der Waals surface area (Å²) in [6, 6.07) is 0. The van der Waals surface area contributed by atoms with Gasteiger partial charge in [-0.05, 0) is 20.3 Å². The predicted molar refractivity (Wildman–Crippen MR) is 59.6 cm³/mol. The van der Waals surface area contributed by atoms with Crippen molar-refractivity contribution in [3.05, 3.63) is 0 Å². The van der Waals surface area contributed by atoms with Gasteiger partial charge in [0.05, 0.1) is 5.41 Å². The maximum absolute atomic E-state index is 11.2. The van der Waals surface area contributed by atoms with Gasteiger partial charge in [0.1, 0.15) is 12.9 Å². The van der Waals surface area contributed by atoms with E-state index in [1.807, 2.05) is 0 Å². The van der Waals surface area contributed by atoms with E-state index in [1.165, 1.54) is 0 Å². The van der Waals surface area contributed by atoms with Gasteiger partial charge in [-0.1, -0.05) is 26.2 Å². The van der Waals surface area contributed by atoms with E-state index >= 15 is 0 Å². The molecule has 0 aliphatic carbocycles. The van der Waals surface area contributed by atoms with Crippen molar-refractivity contribution in [1.29, 1.82) is 0 Å². The third kappa shape index (κ3) is 8.16. The molecule has 3 heteroatoms. The Morgan fingerprint density at radius 3 is 2.47 bits per heavy atom. The van der Waals surface area contributed by atoms with Crippen LogP contribution in [-0.2, 0) is 14.3 Å². The number of hydrogen-bond donors (Lipinski definition) is 0. The lowest BCUT2D eigenvalue weighted by Crippen LogP contribution is -2.23. The molecule has 88 valence electrons. The molecule has 0 saturated carbocycles. The summed E-state index contributed by atoms with van der Waals surface area (Å²) in [4.78, 5) is 21.8.